The summed E-state index contributed by atoms with van der Waals surface area (Å²) in [5.41, 5.74) is 7.05. The molecule has 0 bridgehead atoms. The van der Waals surface area contributed by atoms with Gasteiger partial charge in [0.2, 0.25) is 0 Å². The number of nitrogens with zero attached hydrogens (tertiary/aromatic N) is 1. The summed E-state index contributed by atoms with van der Waals surface area (Å²) in [5.74, 6) is -0.348. The molecule has 0 heterocycles. The maximum Gasteiger partial charge on any atom is 0.325 e. The van der Waals surface area contributed by atoms with Gasteiger partial charge in [0.1, 0.15) is 6.54 Å². The van der Waals surface area contributed by atoms with Gasteiger partial charge in [-0.3, -0.25) is 4.79 Å². The van der Waals surface area contributed by atoms with Gasteiger partial charge in [-0.1, -0.05) is 0 Å². The zero-order valence-electron chi connectivity index (χ0n) is 6.55. The standard InChI is InChI=1S/C6H11N3O2/c1-5(9-7)3-8-4-6(10)11-2/h3,7-8H,4H2,1-2H3/b5-3-,9-7?. The first-order valence-corrected chi connectivity index (χ1v) is 3.05. The predicted molar refractivity (Wildman–Crippen MR) is 38.9 cm³/mol. The molecule has 0 aliphatic rings. The zero-order chi connectivity index (χ0) is 8.69. The number of hydrogen-bond donors (Lipinski definition) is 2. The number of ether oxygens (including phenoxy) is 1. The van der Waals surface area contributed by atoms with Crippen LogP contribution >= 0.6 is 0 Å². The number of rotatable bonds is 4. The first kappa shape index (κ1) is 9.61. The minimum absolute atomic E-state index is 0.101. The van der Waals surface area contributed by atoms with Gasteiger partial charge in [0.15, 0.2) is 0 Å². The van der Waals surface area contributed by atoms with Crippen molar-refractivity contribution in [2.24, 2.45) is 5.11 Å². The average Bonchev–Trinajstić information content (AvgIpc) is 2.04. The minimum atomic E-state index is -0.348. The molecule has 5 nitrogen and oxygen atoms in total. The van der Waals surface area contributed by atoms with E-state index in [0.29, 0.717) is 5.70 Å². The number of allylic oxidation sites excluding steroid dienone is 1. The van der Waals surface area contributed by atoms with Crippen molar-refractivity contribution < 1.29 is 9.53 Å². The molecule has 0 amide bonds. The van der Waals surface area contributed by atoms with E-state index in [2.05, 4.69) is 15.2 Å². The maximum atomic E-state index is 10.5. The van der Waals surface area contributed by atoms with Crippen LogP contribution in [-0.2, 0) is 9.53 Å². The number of nitrogens with one attached hydrogen (secondary N) is 2. The molecular formula is C6H11N3O2. The van der Waals surface area contributed by atoms with Gasteiger partial charge in [-0.05, 0) is 6.92 Å². The van der Waals surface area contributed by atoms with E-state index in [4.69, 9.17) is 5.53 Å². The Hall–Kier alpha value is -1.39. The zero-order valence-corrected chi connectivity index (χ0v) is 6.55. The van der Waals surface area contributed by atoms with E-state index >= 15 is 0 Å². The first-order valence-electron chi connectivity index (χ1n) is 3.05. The number of hydrogen-bond acceptors (Lipinski definition) is 5. The van der Waals surface area contributed by atoms with Crippen LogP contribution < -0.4 is 5.32 Å². The molecule has 0 saturated carbocycles. The molecule has 11 heavy (non-hydrogen) atoms. The van der Waals surface area contributed by atoms with Crippen LogP contribution in [0.3, 0.4) is 0 Å². The van der Waals surface area contributed by atoms with Crippen molar-refractivity contribution in [3.8, 4) is 0 Å². The largest absolute Gasteiger partial charge is 0.468 e. The monoisotopic (exact) mass is 157 g/mol. The number of carbonyl (C=O) groups is 1. The van der Waals surface area contributed by atoms with E-state index in [1.54, 1.807) is 6.92 Å². The third-order valence-electron chi connectivity index (χ3n) is 0.961. The molecule has 0 spiro atoms. The molecule has 0 aromatic rings. The molecule has 0 rings (SSSR count). The molecule has 0 radical (unpaired) electrons. The van der Waals surface area contributed by atoms with Crippen molar-refractivity contribution in [1.29, 1.82) is 5.53 Å². The SMILES string of the molecule is COC(=O)CN/C=C(/C)N=N. The van der Waals surface area contributed by atoms with Gasteiger partial charge >= 0.3 is 5.97 Å². The molecule has 5 heteroatoms. The summed E-state index contributed by atoms with van der Waals surface area (Å²) >= 11 is 0. The van der Waals surface area contributed by atoms with Crippen LogP contribution in [0.4, 0.5) is 0 Å². The van der Waals surface area contributed by atoms with Crippen molar-refractivity contribution in [3.05, 3.63) is 11.9 Å². The van der Waals surface area contributed by atoms with E-state index in [0.717, 1.165) is 0 Å². The quantitative estimate of drug-likeness (QED) is 0.464. The van der Waals surface area contributed by atoms with Crippen LogP contribution in [0.25, 0.3) is 0 Å². The molecule has 0 fully saturated rings. The van der Waals surface area contributed by atoms with Crippen molar-refractivity contribution in [2.45, 2.75) is 6.92 Å². The van der Waals surface area contributed by atoms with Crippen LogP contribution in [0.1, 0.15) is 6.92 Å². The fraction of sp³-hybridized carbons (Fsp3) is 0.500. The van der Waals surface area contributed by atoms with Crippen LogP contribution in [0.15, 0.2) is 17.0 Å². The van der Waals surface area contributed by atoms with Crippen LogP contribution in [0, 0.1) is 5.53 Å². The highest BCUT2D eigenvalue weighted by atomic mass is 16.5. The van der Waals surface area contributed by atoms with E-state index in [1.807, 2.05) is 0 Å². The summed E-state index contributed by atoms with van der Waals surface area (Å²) in [6, 6.07) is 0. The molecule has 0 atom stereocenters. The highest BCUT2D eigenvalue weighted by Gasteiger charge is 1.94. The summed E-state index contributed by atoms with van der Waals surface area (Å²) < 4.78 is 4.36. The normalized spacial score (nSPS) is 10.5. The summed E-state index contributed by atoms with van der Waals surface area (Å²) in [7, 11) is 1.31. The average molecular weight is 157 g/mol. The Morgan fingerprint density at radius 2 is 2.45 bits per heavy atom. The summed E-state index contributed by atoms with van der Waals surface area (Å²) in [6.45, 7) is 1.75. The lowest BCUT2D eigenvalue weighted by molar-refractivity contribution is -0.139. The Morgan fingerprint density at radius 3 is 2.91 bits per heavy atom. The number of carbonyl (C=O) groups excluding carboxylic acids is 1. The Bertz CT molecular complexity index is 177. The third kappa shape index (κ3) is 5.07. The molecule has 2 N–H and O–H groups in total. The summed E-state index contributed by atoms with van der Waals surface area (Å²) in [4.78, 5) is 10.5. The second-order valence-electron chi connectivity index (χ2n) is 1.85. The van der Waals surface area contributed by atoms with E-state index < -0.39 is 0 Å². The highest BCUT2D eigenvalue weighted by Crippen LogP contribution is 1.88. The van der Waals surface area contributed by atoms with E-state index in [9.17, 15) is 4.79 Å². The van der Waals surface area contributed by atoms with Gasteiger partial charge in [0.25, 0.3) is 0 Å². The number of methoxy groups -OCH3 is 1. The Labute approximate surface area is 64.9 Å². The lowest BCUT2D eigenvalue weighted by Crippen LogP contribution is -2.19. The van der Waals surface area contributed by atoms with E-state index in [-0.39, 0.29) is 12.5 Å². The number of esters is 1. The van der Waals surface area contributed by atoms with E-state index in [1.165, 1.54) is 13.3 Å². The maximum absolute atomic E-state index is 10.5. The Balaban J connectivity index is 3.56. The fourth-order valence-corrected chi connectivity index (χ4v) is 0.387. The second-order valence-corrected chi connectivity index (χ2v) is 1.85. The van der Waals surface area contributed by atoms with Gasteiger partial charge in [0.05, 0.1) is 12.8 Å². The van der Waals surface area contributed by atoms with Gasteiger partial charge in [-0.15, -0.1) is 0 Å². The molecule has 0 unspecified atom stereocenters. The molecule has 0 aromatic carbocycles. The Kier molecular flexibility index (Phi) is 4.72. The first-order chi connectivity index (χ1) is 5.20. The smallest absolute Gasteiger partial charge is 0.325 e. The molecule has 62 valence electrons. The van der Waals surface area contributed by atoms with Gasteiger partial charge in [-0.25, -0.2) is 5.53 Å². The van der Waals surface area contributed by atoms with Crippen molar-refractivity contribution in [3.63, 3.8) is 0 Å². The van der Waals surface area contributed by atoms with Crippen LogP contribution in [-0.4, -0.2) is 19.6 Å². The van der Waals surface area contributed by atoms with Gasteiger partial charge in [-0.2, -0.15) is 5.11 Å². The van der Waals surface area contributed by atoms with Gasteiger partial charge < -0.3 is 10.1 Å². The topological polar surface area (TPSA) is 74.5 Å². The minimum Gasteiger partial charge on any atom is -0.468 e. The van der Waals surface area contributed by atoms with Crippen LogP contribution in [0.5, 0.6) is 0 Å². The summed E-state index contributed by atoms with van der Waals surface area (Å²) in [6.07, 6.45) is 1.48. The summed E-state index contributed by atoms with van der Waals surface area (Å²) in [5, 5.41) is 5.74. The van der Waals surface area contributed by atoms with Gasteiger partial charge in [0, 0.05) is 6.20 Å². The van der Waals surface area contributed by atoms with Crippen molar-refractivity contribution in [2.75, 3.05) is 13.7 Å². The highest BCUT2D eigenvalue weighted by molar-refractivity contribution is 5.71. The molecule has 0 saturated heterocycles. The molecular weight excluding hydrogens is 146 g/mol. The lowest BCUT2D eigenvalue weighted by atomic mass is 10.5. The lowest BCUT2D eigenvalue weighted by Gasteiger charge is -1.97. The molecule has 0 aromatic heterocycles. The third-order valence-corrected chi connectivity index (χ3v) is 0.961. The van der Waals surface area contributed by atoms with Crippen LogP contribution in [0.2, 0.25) is 0 Å². The second kappa shape index (κ2) is 5.40. The molecule has 0 aliphatic carbocycles. The Morgan fingerprint density at radius 1 is 1.82 bits per heavy atom. The fourth-order valence-electron chi connectivity index (χ4n) is 0.387. The van der Waals surface area contributed by atoms with Crippen molar-refractivity contribution >= 4 is 5.97 Å². The van der Waals surface area contributed by atoms with Crippen molar-refractivity contribution in [1.82, 2.24) is 5.32 Å². The molecule has 0 aliphatic heterocycles. The predicted octanol–water partition coefficient (Wildman–Crippen LogP) is 0.641.